The molecule has 5 aromatic heterocycles. The molecule has 0 aromatic carbocycles. The van der Waals surface area contributed by atoms with Crippen molar-refractivity contribution in [1.82, 2.24) is 49.8 Å². The van der Waals surface area contributed by atoms with Crippen LogP contribution in [0, 0.1) is 64.2 Å². The average molecular weight is 1740 g/mol. The van der Waals surface area contributed by atoms with E-state index in [4.69, 9.17) is 31.8 Å². The number of ether oxygens (including phenoxy) is 2. The van der Waals surface area contributed by atoms with Gasteiger partial charge in [-0.25, -0.2) is 39.3 Å². The maximum absolute atomic E-state index is 12.7. The topological polar surface area (TPSA) is 495 Å². The van der Waals surface area contributed by atoms with Gasteiger partial charge in [-0.1, -0.05) is 75.7 Å². The number of piperidine rings is 5. The van der Waals surface area contributed by atoms with Gasteiger partial charge in [-0.05, 0) is 260 Å². The summed E-state index contributed by atoms with van der Waals surface area (Å²) in [5, 5.41) is 29.7. The SMILES string of the molecule is CC(C)C1CCCCN1.Cc1cc(NC(=O)C(=O)N2CCCCC2C(C)C)cnc1N.Cc1cc(NC(=O)C(=O)N2CCCCC2C(C)C)cnc1NC(=O)OC(C)(C)C.Cc1cc(NC(=O)C(=O)N2CCCC[C@@H]2C(C)C)cnc1N.Cc1cc(NC(=O)C(=O)N2CCCC[C@H]2C(C)C)cnc1N.Cc1cc(NC(=O)C(=O)O)cnc1NC(=O)OC(C)(C)C. The Balaban J connectivity index is 0.000000271. The van der Waals surface area contributed by atoms with Crippen LogP contribution in [0.3, 0.4) is 0 Å². The second-order valence-electron chi connectivity index (χ2n) is 35.9. The molecule has 5 aliphatic rings. The van der Waals surface area contributed by atoms with Crippen molar-refractivity contribution in [1.29, 1.82) is 0 Å². The van der Waals surface area contributed by atoms with Crippen molar-refractivity contribution < 1.29 is 72.1 Å². The molecule has 0 spiro atoms. The minimum atomic E-state index is -1.59. The number of anilines is 10. The normalized spacial score (nSPS) is 17.5. The van der Waals surface area contributed by atoms with E-state index in [1.54, 1.807) is 120 Å². The maximum atomic E-state index is 12.7. The molecule has 3 unspecified atom stereocenters. The number of carboxylic acids is 1. The van der Waals surface area contributed by atoms with Crippen LogP contribution < -0.4 is 59.7 Å². The van der Waals surface area contributed by atoms with E-state index < -0.39 is 82.5 Å². The number of pyridine rings is 5. The quantitative estimate of drug-likeness (QED) is 0.0516. The maximum Gasteiger partial charge on any atom is 0.413 e. The summed E-state index contributed by atoms with van der Waals surface area (Å²) >= 11 is 0. The Morgan fingerprint density at radius 3 is 0.816 bits per heavy atom. The fourth-order valence-corrected chi connectivity index (χ4v) is 14.8. The zero-order valence-electron chi connectivity index (χ0n) is 77.1. The molecule has 10 heterocycles. The lowest BCUT2D eigenvalue weighted by molar-refractivity contribution is -0.147. The second kappa shape index (κ2) is 49.2. The minimum Gasteiger partial charge on any atom is -0.474 e. The van der Waals surface area contributed by atoms with Gasteiger partial charge in [0.25, 0.3) is 0 Å². The molecule has 5 fully saturated rings. The minimum absolute atomic E-state index is 0.0854. The molecule has 688 valence electrons. The molecule has 125 heavy (non-hydrogen) atoms. The van der Waals surface area contributed by atoms with Crippen molar-refractivity contribution in [3.63, 3.8) is 0 Å². The first-order valence-electron chi connectivity index (χ1n) is 43.4. The number of carbonyl (C=O) groups is 12. The monoisotopic (exact) mass is 1740 g/mol. The lowest BCUT2D eigenvalue weighted by Crippen LogP contribution is -2.50. The van der Waals surface area contributed by atoms with Crippen LogP contribution in [0.4, 0.5) is 67.1 Å². The number of nitrogens with zero attached hydrogens (tertiary/aromatic N) is 9. The van der Waals surface area contributed by atoms with Gasteiger partial charge in [0.05, 0.1) is 59.4 Å². The smallest absolute Gasteiger partial charge is 0.413 e. The Labute approximate surface area is 736 Å². The third kappa shape index (κ3) is 34.4. The number of amides is 11. The van der Waals surface area contributed by atoms with Crippen LogP contribution >= 0.6 is 0 Å². The Morgan fingerprint density at radius 2 is 0.608 bits per heavy atom. The highest BCUT2D eigenvalue weighted by Gasteiger charge is 2.37. The Kier molecular flexibility index (Phi) is 40.9. The van der Waals surface area contributed by atoms with Crippen molar-refractivity contribution in [2.24, 2.45) is 29.6 Å². The number of likely N-dealkylation sites (tertiary alicyclic amines) is 4. The molecule has 5 atom stereocenters. The van der Waals surface area contributed by atoms with Crippen LogP contribution in [-0.2, 0) is 57.4 Å². The molecular formula is C90H138N20O15. The van der Waals surface area contributed by atoms with Gasteiger partial charge < -0.3 is 83.3 Å². The standard InChI is InChI=1S/C21H32N4O4.3C16H24N4O2.C13H17N3O5.C8H17N/c1-13(2)16-9-7-8-10-25(16)19(27)18(26)23-15-11-14(3)17(22-12-15)24-20(28)29-21(4,5)6;3*1-10(2)13-6-4-5-7-20(13)16(22)15(21)19-12-8-11(3)14(17)18-9-12;1-7-5-8(15-10(17)11(18)19)6-14-9(7)16-12(20)21-13(2,3)4;1-7(2)8-5-3-4-6-9-8/h11-13,16H,7-10H2,1-6H3,(H,23,26)(H,22,24,28);3*8-10,13H,4-7H2,1-3H3,(H2,17,18)(H,19,21);5-6H,1-4H3,(H,15,17)(H,18,19)(H,14,16,20);7-9H,3-6H2,1-2H3/t;2*13-;;;/m.10.../s1. The van der Waals surface area contributed by atoms with Gasteiger partial charge in [0.15, 0.2) is 0 Å². The van der Waals surface area contributed by atoms with Gasteiger partial charge in [-0.15, -0.1) is 0 Å². The van der Waals surface area contributed by atoms with Crippen molar-refractivity contribution >= 4 is 129 Å². The van der Waals surface area contributed by atoms with E-state index in [-0.39, 0.29) is 35.7 Å². The fourth-order valence-electron chi connectivity index (χ4n) is 14.8. The highest BCUT2D eigenvalue weighted by Crippen LogP contribution is 2.30. The average Bonchev–Trinajstić information content (AvgIpc) is 0.838. The van der Waals surface area contributed by atoms with E-state index in [1.165, 1.54) is 62.9 Å². The summed E-state index contributed by atoms with van der Waals surface area (Å²) in [6, 6.07) is 9.58. The lowest BCUT2D eigenvalue weighted by atomic mass is 9.92. The molecule has 0 bridgehead atoms. The number of carbonyl (C=O) groups excluding carboxylic acids is 11. The van der Waals surface area contributed by atoms with Gasteiger partial charge in [0.1, 0.15) is 40.3 Å². The number of carboxylic acid groups (broad SMARTS) is 1. The number of hydrogen-bond donors (Lipinski definition) is 12. The molecular weight excluding hydrogens is 1600 g/mol. The Morgan fingerprint density at radius 1 is 0.360 bits per heavy atom. The van der Waals surface area contributed by atoms with Gasteiger partial charge in [0.2, 0.25) is 0 Å². The summed E-state index contributed by atoms with van der Waals surface area (Å²) in [4.78, 5) is 171. The number of rotatable bonds is 12. The number of nitrogen functional groups attached to an aromatic ring is 3. The van der Waals surface area contributed by atoms with Crippen LogP contribution in [0.2, 0.25) is 0 Å². The Bertz CT molecular complexity index is 4280. The lowest BCUT2D eigenvalue weighted by Gasteiger charge is -2.37. The van der Waals surface area contributed by atoms with E-state index in [1.807, 2.05) is 0 Å². The molecule has 10 rings (SSSR count). The zero-order chi connectivity index (χ0) is 93.5. The number of nitrogens with two attached hydrogens (primary N) is 3. The summed E-state index contributed by atoms with van der Waals surface area (Å²) in [5.41, 5.74) is 21.3. The first-order chi connectivity index (χ1) is 58.6. The van der Waals surface area contributed by atoms with Crippen molar-refractivity contribution in [2.45, 2.75) is 283 Å². The van der Waals surface area contributed by atoms with Gasteiger partial charge >= 0.3 is 71.3 Å². The predicted molar refractivity (Wildman–Crippen MR) is 486 cm³/mol. The fraction of sp³-hybridized carbons (Fsp3) is 0.589. The van der Waals surface area contributed by atoms with E-state index in [2.05, 4.69) is 137 Å². The molecule has 35 nitrogen and oxygen atoms in total. The van der Waals surface area contributed by atoms with Gasteiger partial charge in [-0.3, -0.25) is 53.8 Å². The third-order valence-corrected chi connectivity index (χ3v) is 21.5. The van der Waals surface area contributed by atoms with E-state index in [0.717, 1.165) is 106 Å². The molecule has 0 saturated carbocycles. The highest BCUT2D eigenvalue weighted by molar-refractivity contribution is 6.41. The van der Waals surface area contributed by atoms with Crippen molar-refractivity contribution in [3.05, 3.63) is 89.1 Å². The van der Waals surface area contributed by atoms with Crippen molar-refractivity contribution in [3.8, 4) is 0 Å². The summed E-state index contributed by atoms with van der Waals surface area (Å²) in [6.07, 6.45) is 21.9. The number of aryl methyl sites for hydroxylation is 5. The molecule has 5 aliphatic heterocycles. The molecule has 35 heteroatoms. The Hall–Kier alpha value is -11.7. The van der Waals surface area contributed by atoms with Gasteiger partial charge in [-0.2, -0.15) is 0 Å². The third-order valence-electron chi connectivity index (χ3n) is 21.5. The zero-order valence-corrected chi connectivity index (χ0v) is 77.1. The van der Waals surface area contributed by atoms with E-state index in [0.29, 0.717) is 107 Å². The number of nitrogens with one attached hydrogen (secondary N) is 8. The van der Waals surface area contributed by atoms with Crippen LogP contribution in [0.25, 0.3) is 0 Å². The molecule has 5 aromatic rings. The first-order valence-corrected chi connectivity index (χ1v) is 43.4. The summed E-state index contributed by atoms with van der Waals surface area (Å²) in [7, 11) is 0. The molecule has 0 aliphatic carbocycles. The molecule has 11 amide bonds. The van der Waals surface area contributed by atoms with Crippen molar-refractivity contribution in [2.75, 3.05) is 87.1 Å². The van der Waals surface area contributed by atoms with Gasteiger partial charge in [0, 0.05) is 56.4 Å². The van der Waals surface area contributed by atoms with E-state index in [9.17, 15) is 57.5 Å². The van der Waals surface area contributed by atoms with Crippen LogP contribution in [-0.4, -0.2) is 195 Å². The first kappa shape index (κ1) is 104. The van der Waals surface area contributed by atoms with Crippen LogP contribution in [0.15, 0.2) is 61.3 Å². The largest absolute Gasteiger partial charge is 0.474 e. The second-order valence-corrected chi connectivity index (χ2v) is 35.9. The molecule has 0 radical (unpaired) electrons. The summed E-state index contributed by atoms with van der Waals surface area (Å²) in [5.74, 6) is -3.18. The number of aromatic nitrogens is 5. The van der Waals surface area contributed by atoms with Crippen LogP contribution in [0.5, 0.6) is 0 Å². The molecule has 5 saturated heterocycles. The summed E-state index contributed by atoms with van der Waals surface area (Å²) in [6.45, 7) is 44.3. The predicted octanol–water partition coefficient (Wildman–Crippen LogP) is 13.1. The van der Waals surface area contributed by atoms with Crippen LogP contribution in [0.1, 0.15) is 235 Å². The number of hydrogen-bond acceptors (Lipinski definition) is 23. The summed E-state index contributed by atoms with van der Waals surface area (Å²) < 4.78 is 10.3. The number of aliphatic carboxylic acids is 1. The highest BCUT2D eigenvalue weighted by atomic mass is 16.6. The van der Waals surface area contributed by atoms with E-state index >= 15 is 0 Å². The molecule has 15 N–H and O–H groups in total.